The number of ether oxygens (including phenoxy) is 2. The third-order valence-electron chi connectivity index (χ3n) is 2.93. The van der Waals surface area contributed by atoms with E-state index in [1.807, 2.05) is 0 Å². The molecule has 112 valence electrons. The van der Waals surface area contributed by atoms with Gasteiger partial charge in [-0.15, -0.1) is 0 Å². The van der Waals surface area contributed by atoms with E-state index < -0.39 is 18.2 Å². The first kappa shape index (κ1) is 14.8. The highest BCUT2D eigenvalue weighted by molar-refractivity contribution is 5.68. The van der Waals surface area contributed by atoms with Gasteiger partial charge in [0.2, 0.25) is 0 Å². The van der Waals surface area contributed by atoms with E-state index in [4.69, 9.17) is 10.5 Å². The maximum absolute atomic E-state index is 13.3. The molecule has 0 radical (unpaired) electrons. The fraction of sp³-hybridized carbons (Fsp3) is 0.538. The minimum Gasteiger partial charge on any atom is -0.432 e. The Labute approximate surface area is 115 Å². The van der Waals surface area contributed by atoms with E-state index in [1.54, 1.807) is 0 Å². The van der Waals surface area contributed by atoms with Gasteiger partial charge in [0.1, 0.15) is 0 Å². The first-order valence-corrected chi connectivity index (χ1v) is 6.41. The van der Waals surface area contributed by atoms with Crippen molar-refractivity contribution in [1.82, 2.24) is 0 Å². The number of hydrogen-bond acceptors (Lipinski definition) is 4. The van der Waals surface area contributed by atoms with E-state index >= 15 is 0 Å². The van der Waals surface area contributed by atoms with E-state index in [1.165, 1.54) is 12.8 Å². The van der Waals surface area contributed by atoms with Crippen molar-refractivity contribution in [3.8, 4) is 5.75 Å². The number of alkyl halides is 2. The maximum atomic E-state index is 13.3. The molecule has 0 spiro atoms. The molecule has 1 saturated carbocycles. The summed E-state index contributed by atoms with van der Waals surface area (Å²) in [5, 5.41) is 2.91. The number of nitrogens with two attached hydrogens (primary N) is 1. The Morgan fingerprint density at radius 2 is 2.10 bits per heavy atom. The monoisotopic (exact) mass is 290 g/mol. The number of rotatable bonds is 8. The number of hydrogen-bond donors (Lipinski definition) is 2. The highest BCUT2D eigenvalue weighted by Gasteiger charge is 2.20. The molecule has 0 aromatic heterocycles. The summed E-state index contributed by atoms with van der Waals surface area (Å²) in [4.78, 5) is 0. The van der Waals surface area contributed by atoms with Crippen LogP contribution in [-0.2, 0) is 4.74 Å². The van der Waals surface area contributed by atoms with Crippen molar-refractivity contribution in [3.63, 3.8) is 0 Å². The molecule has 0 atom stereocenters. The Morgan fingerprint density at radius 1 is 1.35 bits per heavy atom. The topological polar surface area (TPSA) is 56.5 Å². The number of benzene rings is 1. The van der Waals surface area contributed by atoms with Gasteiger partial charge in [0.15, 0.2) is 11.6 Å². The lowest BCUT2D eigenvalue weighted by Crippen LogP contribution is -2.12. The summed E-state index contributed by atoms with van der Waals surface area (Å²) in [6.07, 6.45) is 2.43. The normalized spacial score (nSPS) is 14.6. The van der Waals surface area contributed by atoms with Gasteiger partial charge in [-0.25, -0.2) is 4.39 Å². The van der Waals surface area contributed by atoms with Gasteiger partial charge in [-0.1, -0.05) is 0 Å². The van der Waals surface area contributed by atoms with E-state index in [2.05, 4.69) is 10.1 Å². The van der Waals surface area contributed by atoms with Gasteiger partial charge in [0.25, 0.3) is 0 Å². The van der Waals surface area contributed by atoms with Crippen molar-refractivity contribution >= 4 is 11.4 Å². The van der Waals surface area contributed by atoms with Gasteiger partial charge < -0.3 is 20.5 Å². The van der Waals surface area contributed by atoms with Crippen molar-refractivity contribution in [2.24, 2.45) is 5.92 Å². The van der Waals surface area contributed by atoms with Gasteiger partial charge in [-0.05, 0) is 18.8 Å². The summed E-state index contributed by atoms with van der Waals surface area (Å²) in [6.45, 7) is -1.42. The molecule has 0 heterocycles. The standard InChI is InChI=1S/C13H17F3N2O2/c14-9-5-10(17)11(6-12(9)20-13(15)16)18-3-4-19-7-8-1-2-8/h5-6,8,13,18H,1-4,7,17H2. The molecule has 20 heavy (non-hydrogen) atoms. The van der Waals surface area contributed by atoms with Crippen LogP contribution in [-0.4, -0.2) is 26.4 Å². The third kappa shape index (κ3) is 4.48. The molecule has 0 aliphatic heterocycles. The lowest BCUT2D eigenvalue weighted by molar-refractivity contribution is -0.0521. The smallest absolute Gasteiger partial charge is 0.387 e. The van der Waals surface area contributed by atoms with Crippen LogP contribution in [0.4, 0.5) is 24.5 Å². The molecular weight excluding hydrogens is 273 g/mol. The Hall–Kier alpha value is -1.63. The fourth-order valence-electron chi connectivity index (χ4n) is 1.70. The van der Waals surface area contributed by atoms with Gasteiger partial charge in [-0.2, -0.15) is 8.78 Å². The third-order valence-corrected chi connectivity index (χ3v) is 2.93. The van der Waals surface area contributed by atoms with Gasteiger partial charge >= 0.3 is 6.61 Å². The molecule has 2 rings (SSSR count). The minimum absolute atomic E-state index is 0.131. The van der Waals surface area contributed by atoms with Gasteiger partial charge in [0.05, 0.1) is 18.0 Å². The largest absolute Gasteiger partial charge is 0.432 e. The van der Waals surface area contributed by atoms with E-state index in [-0.39, 0.29) is 5.69 Å². The van der Waals surface area contributed by atoms with Crippen LogP contribution in [0.1, 0.15) is 12.8 Å². The molecule has 4 nitrogen and oxygen atoms in total. The highest BCUT2D eigenvalue weighted by Crippen LogP contribution is 2.30. The molecule has 0 unspecified atom stereocenters. The second-order valence-electron chi connectivity index (χ2n) is 4.69. The quantitative estimate of drug-likeness (QED) is 0.571. The summed E-state index contributed by atoms with van der Waals surface area (Å²) in [5.41, 5.74) is 6.08. The molecule has 1 fully saturated rings. The zero-order valence-corrected chi connectivity index (χ0v) is 10.9. The van der Waals surface area contributed by atoms with Crippen LogP contribution in [0.15, 0.2) is 12.1 Å². The summed E-state index contributed by atoms with van der Waals surface area (Å²) in [5.74, 6) is -0.772. The predicted molar refractivity (Wildman–Crippen MR) is 69.5 cm³/mol. The molecule has 3 N–H and O–H groups in total. The lowest BCUT2D eigenvalue weighted by Gasteiger charge is -2.13. The lowest BCUT2D eigenvalue weighted by atomic mass is 10.2. The molecule has 1 aromatic carbocycles. The highest BCUT2D eigenvalue weighted by atomic mass is 19.3. The molecule has 7 heteroatoms. The van der Waals surface area contributed by atoms with Crippen LogP contribution >= 0.6 is 0 Å². The summed E-state index contributed by atoms with van der Waals surface area (Å²) < 4.78 is 47.0. The number of nitrogen functional groups attached to an aromatic ring is 1. The van der Waals surface area contributed by atoms with Crippen LogP contribution < -0.4 is 15.8 Å². The van der Waals surface area contributed by atoms with E-state index in [9.17, 15) is 13.2 Å². The second kappa shape index (κ2) is 6.69. The fourth-order valence-corrected chi connectivity index (χ4v) is 1.70. The molecule has 0 saturated heterocycles. The van der Waals surface area contributed by atoms with Crippen LogP contribution in [0.3, 0.4) is 0 Å². The Kier molecular flexibility index (Phi) is 4.94. The van der Waals surface area contributed by atoms with Gasteiger partial charge in [-0.3, -0.25) is 0 Å². The van der Waals surface area contributed by atoms with Crippen LogP contribution in [0.25, 0.3) is 0 Å². The van der Waals surface area contributed by atoms with E-state index in [0.717, 1.165) is 18.7 Å². The van der Waals surface area contributed by atoms with Crippen molar-refractivity contribution in [3.05, 3.63) is 17.9 Å². The molecule has 1 aliphatic rings. The Balaban J connectivity index is 1.85. The Morgan fingerprint density at radius 3 is 2.75 bits per heavy atom. The predicted octanol–water partition coefficient (Wildman–Crippen LogP) is 2.85. The zero-order chi connectivity index (χ0) is 14.5. The summed E-state index contributed by atoms with van der Waals surface area (Å²) in [6, 6.07) is 2.07. The van der Waals surface area contributed by atoms with Crippen molar-refractivity contribution in [2.45, 2.75) is 19.5 Å². The molecule has 0 amide bonds. The molecular formula is C13H17F3N2O2. The van der Waals surface area contributed by atoms with Crippen LogP contribution in [0.5, 0.6) is 5.75 Å². The minimum atomic E-state index is -3.08. The summed E-state index contributed by atoms with van der Waals surface area (Å²) in [7, 11) is 0. The number of halogens is 3. The SMILES string of the molecule is Nc1cc(F)c(OC(F)F)cc1NCCOCC1CC1. The van der Waals surface area contributed by atoms with Crippen molar-refractivity contribution in [1.29, 1.82) is 0 Å². The zero-order valence-electron chi connectivity index (χ0n) is 10.9. The number of nitrogens with one attached hydrogen (secondary N) is 1. The molecule has 0 bridgehead atoms. The molecule has 1 aliphatic carbocycles. The first-order valence-electron chi connectivity index (χ1n) is 6.41. The van der Waals surface area contributed by atoms with Crippen molar-refractivity contribution in [2.75, 3.05) is 30.8 Å². The Bertz CT molecular complexity index is 453. The average Bonchev–Trinajstić information content (AvgIpc) is 3.17. The van der Waals surface area contributed by atoms with Gasteiger partial charge in [0, 0.05) is 25.3 Å². The van der Waals surface area contributed by atoms with E-state index in [0.29, 0.717) is 24.8 Å². The first-order chi connectivity index (χ1) is 9.56. The number of anilines is 2. The van der Waals surface area contributed by atoms with Crippen LogP contribution in [0, 0.1) is 11.7 Å². The second-order valence-corrected chi connectivity index (χ2v) is 4.69. The molecule has 1 aromatic rings. The maximum Gasteiger partial charge on any atom is 0.387 e. The summed E-state index contributed by atoms with van der Waals surface area (Å²) >= 11 is 0. The average molecular weight is 290 g/mol. The van der Waals surface area contributed by atoms with Crippen LogP contribution in [0.2, 0.25) is 0 Å². The van der Waals surface area contributed by atoms with Crippen molar-refractivity contribution < 1.29 is 22.6 Å².